The first-order chi connectivity index (χ1) is 11.6. The molecule has 0 atom stereocenters. The second-order valence-electron chi connectivity index (χ2n) is 6.40. The van der Waals surface area contributed by atoms with Gasteiger partial charge in [0.15, 0.2) is 0 Å². The fourth-order valence-electron chi connectivity index (χ4n) is 3.20. The average molecular weight is 330 g/mol. The molecule has 4 nitrogen and oxygen atoms in total. The standard InChI is InChI=1S/C19H23FN2O2/c1-21-10-8-16(9-11-21)22(14-17-6-4-12-24-17)19(23)13-15-5-2-3-7-18(15)20/h2-7,12,16H,8-11,13-14H2,1H3. The summed E-state index contributed by atoms with van der Waals surface area (Å²) in [5.41, 5.74) is 0.444. The van der Waals surface area contributed by atoms with Crippen LogP contribution in [-0.2, 0) is 17.8 Å². The van der Waals surface area contributed by atoms with Crippen LogP contribution in [0.15, 0.2) is 47.1 Å². The summed E-state index contributed by atoms with van der Waals surface area (Å²) in [6, 6.07) is 10.3. The number of piperidine rings is 1. The molecule has 2 heterocycles. The van der Waals surface area contributed by atoms with Crippen LogP contribution >= 0.6 is 0 Å². The number of benzene rings is 1. The van der Waals surface area contributed by atoms with E-state index < -0.39 is 0 Å². The van der Waals surface area contributed by atoms with Crippen LogP contribution in [0.2, 0.25) is 0 Å². The number of carbonyl (C=O) groups excluding carboxylic acids is 1. The minimum Gasteiger partial charge on any atom is -0.467 e. The first kappa shape index (κ1) is 16.7. The molecule has 1 saturated heterocycles. The fraction of sp³-hybridized carbons (Fsp3) is 0.421. The van der Waals surface area contributed by atoms with E-state index in [9.17, 15) is 9.18 Å². The van der Waals surface area contributed by atoms with Crippen LogP contribution in [0.1, 0.15) is 24.2 Å². The van der Waals surface area contributed by atoms with Gasteiger partial charge in [-0.25, -0.2) is 4.39 Å². The molecule has 3 rings (SSSR count). The zero-order valence-corrected chi connectivity index (χ0v) is 14.0. The number of halogens is 1. The molecule has 128 valence electrons. The lowest BCUT2D eigenvalue weighted by atomic mass is 10.0. The van der Waals surface area contributed by atoms with Crippen molar-refractivity contribution < 1.29 is 13.6 Å². The van der Waals surface area contributed by atoms with Crippen LogP contribution in [0.5, 0.6) is 0 Å². The molecule has 0 unspecified atom stereocenters. The number of carbonyl (C=O) groups is 1. The van der Waals surface area contributed by atoms with Gasteiger partial charge < -0.3 is 14.2 Å². The van der Waals surface area contributed by atoms with Gasteiger partial charge in [0, 0.05) is 6.04 Å². The molecule has 24 heavy (non-hydrogen) atoms. The van der Waals surface area contributed by atoms with Gasteiger partial charge in [0.1, 0.15) is 11.6 Å². The Bertz CT molecular complexity index is 664. The molecule has 0 aliphatic carbocycles. The molecule has 5 heteroatoms. The quantitative estimate of drug-likeness (QED) is 0.845. The highest BCUT2D eigenvalue weighted by molar-refractivity contribution is 5.79. The lowest BCUT2D eigenvalue weighted by molar-refractivity contribution is -0.134. The topological polar surface area (TPSA) is 36.7 Å². The largest absolute Gasteiger partial charge is 0.467 e. The summed E-state index contributed by atoms with van der Waals surface area (Å²) in [7, 11) is 2.09. The SMILES string of the molecule is CN1CCC(N(Cc2ccco2)C(=O)Cc2ccccc2F)CC1. The van der Waals surface area contributed by atoms with Crippen LogP contribution in [-0.4, -0.2) is 41.9 Å². The Kier molecular flexibility index (Phi) is 5.30. The minimum absolute atomic E-state index is 0.0500. The predicted octanol–water partition coefficient (Wildman–Crippen LogP) is 3.08. The molecule has 0 spiro atoms. The molecule has 1 amide bonds. The second-order valence-corrected chi connectivity index (χ2v) is 6.40. The number of rotatable bonds is 5. The maximum Gasteiger partial charge on any atom is 0.227 e. The van der Waals surface area contributed by atoms with Crippen molar-refractivity contribution in [2.24, 2.45) is 0 Å². The van der Waals surface area contributed by atoms with Gasteiger partial charge in [-0.3, -0.25) is 4.79 Å². The molecular formula is C19H23FN2O2. The molecule has 1 aromatic carbocycles. The van der Waals surface area contributed by atoms with E-state index in [0.29, 0.717) is 12.1 Å². The van der Waals surface area contributed by atoms with Crippen LogP contribution in [0.25, 0.3) is 0 Å². The Balaban J connectivity index is 1.75. The third-order valence-electron chi connectivity index (χ3n) is 4.66. The number of amides is 1. The van der Waals surface area contributed by atoms with Gasteiger partial charge in [0.2, 0.25) is 5.91 Å². The number of hydrogen-bond donors (Lipinski definition) is 0. The van der Waals surface area contributed by atoms with Crippen molar-refractivity contribution in [3.63, 3.8) is 0 Å². The summed E-state index contributed by atoms with van der Waals surface area (Å²) in [5, 5.41) is 0. The molecule has 1 aromatic heterocycles. The first-order valence-corrected chi connectivity index (χ1v) is 8.37. The Labute approximate surface area is 141 Å². The Morgan fingerprint density at radius 1 is 1.25 bits per heavy atom. The zero-order valence-electron chi connectivity index (χ0n) is 14.0. The van der Waals surface area contributed by atoms with E-state index in [4.69, 9.17) is 4.42 Å². The highest BCUT2D eigenvalue weighted by Gasteiger charge is 2.28. The molecule has 1 fully saturated rings. The Morgan fingerprint density at radius 3 is 2.67 bits per heavy atom. The monoisotopic (exact) mass is 330 g/mol. The van der Waals surface area contributed by atoms with Crippen molar-refractivity contribution in [3.05, 3.63) is 59.8 Å². The van der Waals surface area contributed by atoms with Crippen LogP contribution in [0.4, 0.5) is 4.39 Å². The normalized spacial score (nSPS) is 16.2. The van der Waals surface area contributed by atoms with Crippen molar-refractivity contribution in [2.45, 2.75) is 31.8 Å². The molecule has 0 radical (unpaired) electrons. The van der Waals surface area contributed by atoms with Crippen molar-refractivity contribution in [3.8, 4) is 0 Å². The van der Waals surface area contributed by atoms with E-state index >= 15 is 0 Å². The van der Waals surface area contributed by atoms with E-state index in [0.717, 1.165) is 31.7 Å². The summed E-state index contributed by atoms with van der Waals surface area (Å²) in [5.74, 6) is 0.383. The number of furan rings is 1. The molecule has 0 bridgehead atoms. The van der Waals surface area contributed by atoms with Crippen LogP contribution in [0, 0.1) is 5.82 Å². The van der Waals surface area contributed by atoms with Gasteiger partial charge in [-0.2, -0.15) is 0 Å². The summed E-state index contributed by atoms with van der Waals surface area (Å²) in [6.45, 7) is 2.37. The lowest BCUT2D eigenvalue weighted by Crippen LogP contribution is -2.46. The molecule has 2 aromatic rings. The lowest BCUT2D eigenvalue weighted by Gasteiger charge is -2.37. The third kappa shape index (κ3) is 4.03. The average Bonchev–Trinajstić information content (AvgIpc) is 3.09. The van der Waals surface area contributed by atoms with Crippen molar-refractivity contribution in [1.29, 1.82) is 0 Å². The highest BCUT2D eigenvalue weighted by atomic mass is 19.1. The summed E-state index contributed by atoms with van der Waals surface area (Å²) in [4.78, 5) is 17.0. The fourth-order valence-corrected chi connectivity index (χ4v) is 3.20. The third-order valence-corrected chi connectivity index (χ3v) is 4.66. The molecule has 0 N–H and O–H groups in total. The Hall–Kier alpha value is -2.14. The molecule has 0 saturated carbocycles. The number of likely N-dealkylation sites (tertiary alicyclic amines) is 1. The predicted molar refractivity (Wildman–Crippen MR) is 89.9 cm³/mol. The maximum atomic E-state index is 13.9. The summed E-state index contributed by atoms with van der Waals surface area (Å²) < 4.78 is 19.3. The maximum absolute atomic E-state index is 13.9. The van der Waals surface area contributed by atoms with Gasteiger partial charge in [-0.15, -0.1) is 0 Å². The molecule has 1 aliphatic heterocycles. The summed E-state index contributed by atoms with van der Waals surface area (Å²) >= 11 is 0. The number of hydrogen-bond acceptors (Lipinski definition) is 3. The van der Waals surface area contributed by atoms with E-state index in [-0.39, 0.29) is 24.2 Å². The van der Waals surface area contributed by atoms with Crippen LogP contribution < -0.4 is 0 Å². The second kappa shape index (κ2) is 7.62. The van der Waals surface area contributed by atoms with E-state index in [2.05, 4.69) is 11.9 Å². The minimum atomic E-state index is -0.327. The van der Waals surface area contributed by atoms with Gasteiger partial charge in [-0.05, 0) is 56.7 Å². The number of nitrogens with zero attached hydrogens (tertiary/aromatic N) is 2. The van der Waals surface area contributed by atoms with E-state index in [1.807, 2.05) is 17.0 Å². The van der Waals surface area contributed by atoms with Gasteiger partial charge in [0.25, 0.3) is 0 Å². The van der Waals surface area contributed by atoms with Gasteiger partial charge in [0.05, 0.1) is 19.2 Å². The Morgan fingerprint density at radius 2 is 2.00 bits per heavy atom. The smallest absolute Gasteiger partial charge is 0.227 e. The summed E-state index contributed by atoms with van der Waals surface area (Å²) in [6.07, 6.45) is 3.56. The van der Waals surface area contributed by atoms with E-state index in [1.54, 1.807) is 24.5 Å². The first-order valence-electron chi connectivity index (χ1n) is 8.37. The van der Waals surface area contributed by atoms with Crippen molar-refractivity contribution in [2.75, 3.05) is 20.1 Å². The van der Waals surface area contributed by atoms with Gasteiger partial charge in [-0.1, -0.05) is 18.2 Å². The molecule has 1 aliphatic rings. The van der Waals surface area contributed by atoms with E-state index in [1.165, 1.54) is 6.07 Å². The van der Waals surface area contributed by atoms with Crippen LogP contribution in [0.3, 0.4) is 0 Å². The van der Waals surface area contributed by atoms with Crippen molar-refractivity contribution in [1.82, 2.24) is 9.80 Å². The zero-order chi connectivity index (χ0) is 16.9. The van der Waals surface area contributed by atoms with Crippen molar-refractivity contribution >= 4 is 5.91 Å². The molecular weight excluding hydrogens is 307 g/mol. The highest BCUT2D eigenvalue weighted by Crippen LogP contribution is 2.20. The van der Waals surface area contributed by atoms with Gasteiger partial charge >= 0.3 is 0 Å².